The van der Waals surface area contributed by atoms with Gasteiger partial charge >= 0.3 is 0 Å². The van der Waals surface area contributed by atoms with Crippen molar-refractivity contribution < 1.29 is 21.9 Å². The highest BCUT2D eigenvalue weighted by Gasteiger charge is 2.36. The van der Waals surface area contributed by atoms with Gasteiger partial charge in [-0.3, -0.25) is 4.98 Å². The van der Waals surface area contributed by atoms with Gasteiger partial charge in [0.25, 0.3) is 0 Å². The number of benzene rings is 1. The molecule has 1 aromatic carbocycles. The molecule has 2 aromatic rings. The average Bonchev–Trinajstić information content (AvgIpc) is 2.43. The molecule has 1 aliphatic rings. The fraction of sp³-hybridized carbons (Fsp3) is 0.333. The molecule has 0 unspecified atom stereocenters. The predicted molar refractivity (Wildman–Crippen MR) is 86.6 cm³/mol. The van der Waals surface area contributed by atoms with Gasteiger partial charge in [-0.05, 0) is 17.7 Å². The first kappa shape index (κ1) is 18.0. The third kappa shape index (κ3) is 4.62. The van der Waals surface area contributed by atoms with E-state index in [1.807, 2.05) is 0 Å². The number of hydrogen-bond acceptors (Lipinski definition) is 5. The minimum absolute atomic E-state index is 0.000183. The number of nitrogens with zero attached hydrogens (tertiary/aromatic N) is 3. The molecule has 2 heterocycles. The van der Waals surface area contributed by atoms with Crippen molar-refractivity contribution >= 4 is 21.6 Å². The van der Waals surface area contributed by atoms with Gasteiger partial charge in [0.1, 0.15) is 11.6 Å². The molecule has 0 bridgehead atoms. The molecule has 0 N–H and O–H groups in total. The highest BCUT2D eigenvalue weighted by atomic mass is 35.5. The third-order valence-corrected chi connectivity index (χ3v) is 5.60. The molecule has 0 radical (unpaired) electrons. The zero-order chi connectivity index (χ0) is 18.0. The summed E-state index contributed by atoms with van der Waals surface area (Å²) in [4.78, 5) is 7.76. The Kier molecular flexibility index (Phi) is 5.16. The van der Waals surface area contributed by atoms with Crippen LogP contribution in [0.5, 0.6) is 5.88 Å². The quantitative estimate of drug-likeness (QED) is 0.757. The standard InChI is InChI=1S/C15H14ClF2N3O3S/c16-14-4-19-5-15(20-14)24-8-11-6-21(7-11)25(22,23)9-10-1-12(17)3-13(18)2-10/h1-5,11H,6-9H2. The Balaban J connectivity index is 1.52. The number of hydrogen-bond donors (Lipinski definition) is 0. The normalized spacial score (nSPS) is 15.8. The molecule has 1 fully saturated rings. The maximum Gasteiger partial charge on any atom is 0.233 e. The summed E-state index contributed by atoms with van der Waals surface area (Å²) in [5, 5.41) is 0.206. The lowest BCUT2D eigenvalue weighted by molar-refractivity contribution is 0.126. The lowest BCUT2D eigenvalue weighted by atomic mass is 10.1. The van der Waals surface area contributed by atoms with Crippen LogP contribution in [0.25, 0.3) is 0 Å². The van der Waals surface area contributed by atoms with Crippen molar-refractivity contribution in [1.29, 1.82) is 0 Å². The number of rotatable bonds is 6. The molecule has 134 valence electrons. The molecule has 0 saturated carbocycles. The van der Waals surface area contributed by atoms with Gasteiger partial charge in [0.15, 0.2) is 5.15 Å². The van der Waals surface area contributed by atoms with Gasteiger partial charge in [0.05, 0.1) is 24.8 Å². The van der Waals surface area contributed by atoms with E-state index in [0.29, 0.717) is 6.07 Å². The van der Waals surface area contributed by atoms with E-state index < -0.39 is 27.4 Å². The van der Waals surface area contributed by atoms with E-state index in [-0.39, 0.29) is 42.2 Å². The van der Waals surface area contributed by atoms with Crippen LogP contribution in [0.2, 0.25) is 5.15 Å². The monoisotopic (exact) mass is 389 g/mol. The van der Waals surface area contributed by atoms with Crippen LogP contribution in [-0.4, -0.2) is 42.4 Å². The number of halogens is 3. The minimum atomic E-state index is -3.64. The van der Waals surface area contributed by atoms with Crippen LogP contribution in [-0.2, 0) is 15.8 Å². The van der Waals surface area contributed by atoms with Gasteiger partial charge in [-0.15, -0.1) is 0 Å². The Hall–Kier alpha value is -1.84. The molecule has 6 nitrogen and oxygen atoms in total. The molecule has 0 aliphatic carbocycles. The zero-order valence-corrected chi connectivity index (χ0v) is 14.5. The maximum absolute atomic E-state index is 13.2. The van der Waals surface area contributed by atoms with Gasteiger partial charge in [-0.1, -0.05) is 11.6 Å². The van der Waals surface area contributed by atoms with Crippen molar-refractivity contribution in [2.24, 2.45) is 5.92 Å². The summed E-state index contributed by atoms with van der Waals surface area (Å²) in [6.45, 7) is 0.817. The molecule has 3 rings (SSSR count). The summed E-state index contributed by atoms with van der Waals surface area (Å²) >= 11 is 5.70. The van der Waals surface area contributed by atoms with Crippen molar-refractivity contribution in [2.75, 3.05) is 19.7 Å². The summed E-state index contributed by atoms with van der Waals surface area (Å²) < 4.78 is 57.6. The second-order valence-corrected chi connectivity index (χ2v) is 8.06. The largest absolute Gasteiger partial charge is 0.476 e. The fourth-order valence-electron chi connectivity index (χ4n) is 2.45. The maximum atomic E-state index is 13.2. The van der Waals surface area contributed by atoms with Crippen LogP contribution >= 0.6 is 11.6 Å². The lowest BCUT2D eigenvalue weighted by Gasteiger charge is -2.37. The van der Waals surface area contributed by atoms with Crippen LogP contribution in [0.15, 0.2) is 30.6 Å². The summed E-state index contributed by atoms with van der Waals surface area (Å²) in [5.41, 5.74) is 0.0754. The van der Waals surface area contributed by atoms with Gasteiger partial charge in [0.2, 0.25) is 15.9 Å². The minimum Gasteiger partial charge on any atom is -0.476 e. The van der Waals surface area contributed by atoms with E-state index in [1.54, 1.807) is 0 Å². The van der Waals surface area contributed by atoms with E-state index in [9.17, 15) is 17.2 Å². The van der Waals surface area contributed by atoms with Gasteiger partial charge in [-0.2, -0.15) is 4.98 Å². The number of sulfonamides is 1. The molecule has 0 spiro atoms. The summed E-state index contributed by atoms with van der Waals surface area (Å²) in [5.74, 6) is -1.79. The molecule has 1 aliphatic heterocycles. The second-order valence-electron chi connectivity index (χ2n) is 5.71. The Labute approximate surface area is 148 Å². The van der Waals surface area contributed by atoms with Crippen LogP contribution in [0.1, 0.15) is 5.56 Å². The van der Waals surface area contributed by atoms with E-state index in [1.165, 1.54) is 16.7 Å². The zero-order valence-electron chi connectivity index (χ0n) is 12.9. The Morgan fingerprint density at radius 2 is 1.88 bits per heavy atom. The number of aromatic nitrogens is 2. The van der Waals surface area contributed by atoms with E-state index in [0.717, 1.165) is 12.1 Å². The molecule has 10 heteroatoms. The SMILES string of the molecule is O=S(=O)(Cc1cc(F)cc(F)c1)N1CC(COc2cncc(Cl)n2)C1. The molecular weight excluding hydrogens is 376 g/mol. The average molecular weight is 390 g/mol. The summed E-state index contributed by atoms with van der Waals surface area (Å²) in [7, 11) is -3.64. The van der Waals surface area contributed by atoms with Crippen LogP contribution in [0, 0.1) is 17.6 Å². The molecule has 0 atom stereocenters. The van der Waals surface area contributed by atoms with Crippen molar-refractivity contribution in [3.8, 4) is 5.88 Å². The first-order chi connectivity index (χ1) is 11.8. The van der Waals surface area contributed by atoms with Gasteiger partial charge in [0, 0.05) is 25.1 Å². The Bertz CT molecular complexity index is 856. The topological polar surface area (TPSA) is 72.4 Å². The summed E-state index contributed by atoms with van der Waals surface area (Å²) in [6, 6.07) is 2.73. The van der Waals surface area contributed by atoms with E-state index in [4.69, 9.17) is 16.3 Å². The van der Waals surface area contributed by atoms with Gasteiger partial charge < -0.3 is 4.74 Å². The molecule has 25 heavy (non-hydrogen) atoms. The first-order valence-electron chi connectivity index (χ1n) is 7.35. The van der Waals surface area contributed by atoms with Crippen molar-refractivity contribution in [2.45, 2.75) is 5.75 Å². The fourth-order valence-corrected chi connectivity index (χ4v) is 4.24. The van der Waals surface area contributed by atoms with Crippen LogP contribution in [0.3, 0.4) is 0 Å². The molecule has 1 saturated heterocycles. The van der Waals surface area contributed by atoms with E-state index >= 15 is 0 Å². The van der Waals surface area contributed by atoms with Crippen molar-refractivity contribution in [1.82, 2.24) is 14.3 Å². The highest BCUT2D eigenvalue weighted by Crippen LogP contribution is 2.24. The van der Waals surface area contributed by atoms with Crippen LogP contribution in [0.4, 0.5) is 8.78 Å². The van der Waals surface area contributed by atoms with Crippen molar-refractivity contribution in [3.05, 3.63) is 52.9 Å². The van der Waals surface area contributed by atoms with E-state index in [2.05, 4.69) is 9.97 Å². The first-order valence-corrected chi connectivity index (χ1v) is 9.34. The Morgan fingerprint density at radius 1 is 1.20 bits per heavy atom. The third-order valence-electron chi connectivity index (χ3n) is 3.64. The number of ether oxygens (including phenoxy) is 1. The predicted octanol–water partition coefficient (Wildman–Crippen LogP) is 2.25. The smallest absolute Gasteiger partial charge is 0.233 e. The summed E-state index contributed by atoms with van der Waals surface area (Å²) in [6.07, 6.45) is 2.79. The second kappa shape index (κ2) is 7.19. The Morgan fingerprint density at radius 3 is 2.52 bits per heavy atom. The van der Waals surface area contributed by atoms with Crippen molar-refractivity contribution in [3.63, 3.8) is 0 Å². The highest BCUT2D eigenvalue weighted by molar-refractivity contribution is 7.88. The lowest BCUT2D eigenvalue weighted by Crippen LogP contribution is -2.52. The van der Waals surface area contributed by atoms with Gasteiger partial charge in [-0.25, -0.2) is 21.5 Å². The molecular formula is C15H14ClF2N3O3S. The van der Waals surface area contributed by atoms with Crippen LogP contribution < -0.4 is 4.74 Å². The molecule has 0 amide bonds. The molecule has 1 aromatic heterocycles.